The summed E-state index contributed by atoms with van der Waals surface area (Å²) in [6.45, 7) is 0. The molecule has 0 aromatic rings. The highest BCUT2D eigenvalue weighted by Gasteiger charge is 2.57. The second kappa shape index (κ2) is 3.26. The van der Waals surface area contributed by atoms with Crippen molar-refractivity contribution in [2.24, 2.45) is 23.7 Å². The second-order valence-electron chi connectivity index (χ2n) is 4.34. The maximum absolute atomic E-state index is 10.9. The summed E-state index contributed by atoms with van der Waals surface area (Å²) in [4.78, 5) is 21.8. The zero-order valence-corrected chi connectivity index (χ0v) is 7.85. The summed E-state index contributed by atoms with van der Waals surface area (Å²) < 4.78 is 0. The Kier molecular flexibility index (Phi) is 2.21. The Hall–Kier alpha value is -1.06. The average Bonchev–Trinajstić information content (AvgIpc) is 2.05. The van der Waals surface area contributed by atoms with Gasteiger partial charge in [0.15, 0.2) is 0 Å². The van der Waals surface area contributed by atoms with E-state index in [-0.39, 0.29) is 11.8 Å². The summed E-state index contributed by atoms with van der Waals surface area (Å²) in [6, 6.07) is 0. The van der Waals surface area contributed by atoms with Crippen LogP contribution in [0.3, 0.4) is 0 Å². The lowest BCUT2D eigenvalue weighted by atomic mass is 9.52. The Morgan fingerprint density at radius 1 is 0.857 bits per heavy atom. The van der Waals surface area contributed by atoms with E-state index in [4.69, 9.17) is 10.2 Å². The molecular weight excluding hydrogens is 184 g/mol. The minimum Gasteiger partial charge on any atom is -0.481 e. The highest BCUT2D eigenvalue weighted by molar-refractivity contribution is 5.82. The van der Waals surface area contributed by atoms with Crippen molar-refractivity contribution in [1.29, 1.82) is 0 Å². The summed E-state index contributed by atoms with van der Waals surface area (Å²) in [5.74, 6) is -2.86. The molecule has 78 valence electrons. The zero-order valence-electron chi connectivity index (χ0n) is 7.85. The molecule has 0 aromatic heterocycles. The van der Waals surface area contributed by atoms with Gasteiger partial charge in [-0.1, -0.05) is 12.8 Å². The first-order valence-corrected chi connectivity index (χ1v) is 5.08. The van der Waals surface area contributed by atoms with Gasteiger partial charge in [-0.25, -0.2) is 0 Å². The molecule has 0 amide bonds. The van der Waals surface area contributed by atoms with E-state index >= 15 is 0 Å². The minimum absolute atomic E-state index is 0.127. The molecule has 0 heterocycles. The number of hydrogen-bond acceptors (Lipinski definition) is 2. The first-order chi connectivity index (χ1) is 6.63. The summed E-state index contributed by atoms with van der Waals surface area (Å²) in [7, 11) is 0. The normalized spacial score (nSPS) is 40.9. The third-order valence-corrected chi connectivity index (χ3v) is 3.75. The molecular formula is C10H14O4. The largest absolute Gasteiger partial charge is 0.481 e. The molecule has 0 saturated heterocycles. The fraction of sp³-hybridized carbons (Fsp3) is 0.800. The highest BCUT2D eigenvalue weighted by Crippen LogP contribution is 2.53. The maximum atomic E-state index is 10.9. The number of carboxylic acids is 2. The summed E-state index contributed by atoms with van der Waals surface area (Å²) in [5, 5.41) is 17.9. The van der Waals surface area contributed by atoms with Crippen LogP contribution in [-0.2, 0) is 9.59 Å². The number of fused-ring (bicyclic) bond motifs is 1. The highest BCUT2D eigenvalue weighted by atomic mass is 16.4. The van der Waals surface area contributed by atoms with Gasteiger partial charge < -0.3 is 10.2 Å². The Labute approximate surface area is 81.9 Å². The standard InChI is InChI=1S/C10H14O4/c11-9(12)7-5-3-1-2-4-6(5)8(7)10(13)14/h5-8H,1-4H2,(H,11,12)(H,13,14)/t5-,6-,7?,8?/m0/s1. The van der Waals surface area contributed by atoms with Crippen LogP contribution in [0, 0.1) is 23.7 Å². The minimum atomic E-state index is -0.930. The SMILES string of the molecule is O=C(O)C1C(C(=O)O)[C@H]2CCCC[C@H]12. The number of carboxylic acid groups (broad SMARTS) is 2. The molecule has 2 N–H and O–H groups in total. The smallest absolute Gasteiger partial charge is 0.307 e. The van der Waals surface area contributed by atoms with Crippen LogP contribution in [-0.4, -0.2) is 22.2 Å². The van der Waals surface area contributed by atoms with E-state index in [1.54, 1.807) is 0 Å². The van der Waals surface area contributed by atoms with E-state index < -0.39 is 23.8 Å². The number of rotatable bonds is 2. The summed E-state index contributed by atoms with van der Waals surface area (Å²) >= 11 is 0. The molecule has 0 aromatic carbocycles. The van der Waals surface area contributed by atoms with Gasteiger partial charge in [-0.3, -0.25) is 9.59 Å². The van der Waals surface area contributed by atoms with E-state index in [1.807, 2.05) is 0 Å². The third kappa shape index (κ3) is 1.21. The molecule has 0 spiro atoms. The molecule has 4 atom stereocenters. The molecule has 4 nitrogen and oxygen atoms in total. The fourth-order valence-electron chi connectivity index (χ4n) is 3.14. The van der Waals surface area contributed by atoms with Gasteiger partial charge in [0.25, 0.3) is 0 Å². The lowest BCUT2D eigenvalue weighted by molar-refractivity contribution is -0.178. The fourth-order valence-corrected chi connectivity index (χ4v) is 3.14. The van der Waals surface area contributed by atoms with Gasteiger partial charge in [0.2, 0.25) is 0 Å². The van der Waals surface area contributed by atoms with E-state index in [2.05, 4.69) is 0 Å². The van der Waals surface area contributed by atoms with E-state index in [1.165, 1.54) is 0 Å². The van der Waals surface area contributed by atoms with Gasteiger partial charge in [-0.2, -0.15) is 0 Å². The van der Waals surface area contributed by atoms with Crippen molar-refractivity contribution in [3.63, 3.8) is 0 Å². The molecule has 2 aliphatic carbocycles. The summed E-state index contributed by atoms with van der Waals surface area (Å²) in [5.41, 5.74) is 0. The topological polar surface area (TPSA) is 74.6 Å². The van der Waals surface area contributed by atoms with Crippen molar-refractivity contribution >= 4 is 11.9 Å². The van der Waals surface area contributed by atoms with Crippen molar-refractivity contribution in [2.45, 2.75) is 25.7 Å². The Morgan fingerprint density at radius 3 is 1.50 bits per heavy atom. The molecule has 2 saturated carbocycles. The molecule has 0 aliphatic heterocycles. The lowest BCUT2D eigenvalue weighted by Gasteiger charge is -2.50. The van der Waals surface area contributed by atoms with Crippen molar-refractivity contribution in [3.05, 3.63) is 0 Å². The number of carbonyl (C=O) groups is 2. The van der Waals surface area contributed by atoms with Gasteiger partial charge >= 0.3 is 11.9 Å². The quantitative estimate of drug-likeness (QED) is 0.699. The third-order valence-electron chi connectivity index (χ3n) is 3.75. The molecule has 0 radical (unpaired) electrons. The number of aliphatic carboxylic acids is 2. The van der Waals surface area contributed by atoms with Crippen LogP contribution in [0.15, 0.2) is 0 Å². The molecule has 2 aliphatic rings. The van der Waals surface area contributed by atoms with E-state index in [0.29, 0.717) is 0 Å². The first kappa shape index (κ1) is 9.49. The van der Waals surface area contributed by atoms with Crippen molar-refractivity contribution in [3.8, 4) is 0 Å². The first-order valence-electron chi connectivity index (χ1n) is 5.08. The summed E-state index contributed by atoms with van der Waals surface area (Å²) in [6.07, 6.45) is 3.89. The van der Waals surface area contributed by atoms with Crippen molar-refractivity contribution in [2.75, 3.05) is 0 Å². The zero-order chi connectivity index (χ0) is 10.3. The molecule has 4 heteroatoms. The molecule has 2 rings (SSSR count). The van der Waals surface area contributed by atoms with E-state index in [9.17, 15) is 9.59 Å². The van der Waals surface area contributed by atoms with Crippen LogP contribution in [0.1, 0.15) is 25.7 Å². The maximum Gasteiger partial charge on any atom is 0.307 e. The van der Waals surface area contributed by atoms with Crippen LogP contribution in [0.5, 0.6) is 0 Å². The number of hydrogen-bond donors (Lipinski definition) is 2. The average molecular weight is 198 g/mol. The Bertz CT molecular complexity index is 245. The molecule has 0 bridgehead atoms. The lowest BCUT2D eigenvalue weighted by Crippen LogP contribution is -2.55. The van der Waals surface area contributed by atoms with Gasteiger partial charge in [-0.05, 0) is 24.7 Å². The van der Waals surface area contributed by atoms with Gasteiger partial charge in [0, 0.05) is 0 Å². The van der Waals surface area contributed by atoms with Crippen molar-refractivity contribution in [1.82, 2.24) is 0 Å². The van der Waals surface area contributed by atoms with E-state index in [0.717, 1.165) is 25.7 Å². The van der Waals surface area contributed by atoms with Crippen molar-refractivity contribution < 1.29 is 19.8 Å². The van der Waals surface area contributed by atoms with Crippen LogP contribution in [0.4, 0.5) is 0 Å². The van der Waals surface area contributed by atoms with Crippen LogP contribution >= 0.6 is 0 Å². The van der Waals surface area contributed by atoms with Gasteiger partial charge in [0.05, 0.1) is 11.8 Å². The Morgan fingerprint density at radius 2 is 1.21 bits per heavy atom. The molecule has 2 unspecified atom stereocenters. The molecule has 2 fully saturated rings. The Balaban J connectivity index is 2.15. The predicted octanol–water partition coefficient (Wildman–Crippen LogP) is 1.21. The predicted molar refractivity (Wildman–Crippen MR) is 47.7 cm³/mol. The van der Waals surface area contributed by atoms with Crippen LogP contribution < -0.4 is 0 Å². The van der Waals surface area contributed by atoms with Gasteiger partial charge in [-0.15, -0.1) is 0 Å². The monoisotopic (exact) mass is 198 g/mol. The molecule has 14 heavy (non-hydrogen) atoms. The second-order valence-corrected chi connectivity index (χ2v) is 4.34. The van der Waals surface area contributed by atoms with Gasteiger partial charge in [0.1, 0.15) is 0 Å². The van der Waals surface area contributed by atoms with Crippen LogP contribution in [0.2, 0.25) is 0 Å². The van der Waals surface area contributed by atoms with Crippen LogP contribution in [0.25, 0.3) is 0 Å².